The van der Waals surface area contributed by atoms with Gasteiger partial charge in [-0.25, -0.2) is 4.79 Å². The number of nitrogens with one attached hydrogen (secondary N) is 1. The largest absolute Gasteiger partial charge is 0.496 e. The SMILES string of the molecule is COC(=O)C1(NC(=O)c2cc(CN3C(=O)c4ccccc4C3=O)ccc2OC)CCCC1. The highest BCUT2D eigenvalue weighted by Gasteiger charge is 2.44. The van der Waals surface area contributed by atoms with E-state index in [0.717, 1.165) is 17.7 Å². The molecule has 0 aromatic heterocycles. The molecule has 32 heavy (non-hydrogen) atoms. The van der Waals surface area contributed by atoms with E-state index in [2.05, 4.69) is 5.32 Å². The van der Waals surface area contributed by atoms with Gasteiger partial charge in [-0.2, -0.15) is 0 Å². The van der Waals surface area contributed by atoms with Gasteiger partial charge in [-0.05, 0) is 42.7 Å². The van der Waals surface area contributed by atoms with Crippen LogP contribution in [-0.2, 0) is 16.1 Å². The molecule has 8 nitrogen and oxygen atoms in total. The van der Waals surface area contributed by atoms with Gasteiger partial charge in [0.1, 0.15) is 11.3 Å². The Hall–Kier alpha value is -3.68. The first-order valence-electron chi connectivity index (χ1n) is 10.4. The molecule has 0 saturated heterocycles. The highest BCUT2D eigenvalue weighted by Crippen LogP contribution is 2.32. The van der Waals surface area contributed by atoms with Crippen LogP contribution in [0.2, 0.25) is 0 Å². The number of carbonyl (C=O) groups is 4. The lowest BCUT2D eigenvalue weighted by atomic mass is 9.96. The highest BCUT2D eigenvalue weighted by molar-refractivity contribution is 6.21. The summed E-state index contributed by atoms with van der Waals surface area (Å²) in [5.41, 5.74) is 0.478. The molecule has 1 fully saturated rings. The molecule has 1 aliphatic carbocycles. The zero-order chi connectivity index (χ0) is 22.9. The molecule has 2 aromatic carbocycles. The predicted molar refractivity (Wildman–Crippen MR) is 114 cm³/mol. The number of imide groups is 1. The molecule has 1 saturated carbocycles. The van der Waals surface area contributed by atoms with E-state index in [-0.39, 0.29) is 23.9 Å². The number of amides is 3. The van der Waals surface area contributed by atoms with Crippen molar-refractivity contribution in [3.63, 3.8) is 0 Å². The number of fused-ring (bicyclic) bond motifs is 1. The van der Waals surface area contributed by atoms with E-state index in [1.54, 1.807) is 42.5 Å². The van der Waals surface area contributed by atoms with E-state index >= 15 is 0 Å². The average molecular weight is 436 g/mol. The molecule has 0 spiro atoms. The molecular formula is C24H24N2O6. The number of rotatable bonds is 6. The van der Waals surface area contributed by atoms with Gasteiger partial charge in [-0.1, -0.05) is 31.0 Å². The molecule has 0 bridgehead atoms. The van der Waals surface area contributed by atoms with Gasteiger partial charge in [0, 0.05) is 0 Å². The van der Waals surface area contributed by atoms with Crippen molar-refractivity contribution in [3.05, 3.63) is 64.7 Å². The van der Waals surface area contributed by atoms with Gasteiger partial charge in [0.15, 0.2) is 0 Å². The van der Waals surface area contributed by atoms with Crippen LogP contribution in [0.1, 0.15) is 62.3 Å². The number of hydrogen-bond donors (Lipinski definition) is 1. The van der Waals surface area contributed by atoms with Crippen LogP contribution < -0.4 is 10.1 Å². The van der Waals surface area contributed by atoms with Crippen LogP contribution in [0.5, 0.6) is 5.75 Å². The van der Waals surface area contributed by atoms with Crippen molar-refractivity contribution in [2.75, 3.05) is 14.2 Å². The first kappa shape index (κ1) is 21.5. The molecule has 1 heterocycles. The van der Waals surface area contributed by atoms with Gasteiger partial charge in [-0.15, -0.1) is 0 Å². The molecule has 8 heteroatoms. The van der Waals surface area contributed by atoms with Crippen molar-refractivity contribution in [2.24, 2.45) is 0 Å². The van der Waals surface area contributed by atoms with Crippen LogP contribution in [0.3, 0.4) is 0 Å². The van der Waals surface area contributed by atoms with Crippen LogP contribution in [0.25, 0.3) is 0 Å². The lowest BCUT2D eigenvalue weighted by molar-refractivity contribution is -0.148. The number of nitrogens with zero attached hydrogens (tertiary/aromatic N) is 1. The Bertz CT molecular complexity index is 1070. The molecule has 0 radical (unpaired) electrons. The quantitative estimate of drug-likeness (QED) is 0.552. The Morgan fingerprint density at radius 1 is 1.00 bits per heavy atom. The number of methoxy groups -OCH3 is 2. The second kappa shape index (κ2) is 8.45. The number of ether oxygens (including phenoxy) is 2. The molecule has 1 aliphatic heterocycles. The van der Waals surface area contributed by atoms with Gasteiger partial charge in [-0.3, -0.25) is 19.3 Å². The molecule has 3 amide bonds. The Kier molecular flexibility index (Phi) is 5.69. The summed E-state index contributed by atoms with van der Waals surface area (Å²) in [4.78, 5) is 52.1. The van der Waals surface area contributed by atoms with Crippen LogP contribution in [0.15, 0.2) is 42.5 Å². The minimum atomic E-state index is -1.06. The van der Waals surface area contributed by atoms with Crippen LogP contribution in [-0.4, -0.2) is 48.3 Å². The van der Waals surface area contributed by atoms with Crippen molar-refractivity contribution < 1.29 is 28.7 Å². The Labute approximate surface area is 185 Å². The number of benzene rings is 2. The van der Waals surface area contributed by atoms with Gasteiger partial charge in [0.2, 0.25) is 0 Å². The minimum absolute atomic E-state index is 0.0127. The van der Waals surface area contributed by atoms with Gasteiger partial charge in [0.25, 0.3) is 17.7 Å². The van der Waals surface area contributed by atoms with Crippen molar-refractivity contribution in [2.45, 2.75) is 37.8 Å². The molecule has 4 rings (SSSR count). The first-order valence-corrected chi connectivity index (χ1v) is 10.4. The third kappa shape index (κ3) is 3.62. The van der Waals surface area contributed by atoms with Gasteiger partial charge < -0.3 is 14.8 Å². The summed E-state index contributed by atoms with van der Waals surface area (Å²) in [5.74, 6) is -1.36. The number of hydrogen-bond acceptors (Lipinski definition) is 6. The standard InChI is InChI=1S/C24H24N2O6/c1-31-19-10-9-15(14-26-21(28)16-7-3-4-8-17(16)22(26)29)13-18(19)20(27)25-24(23(30)32-2)11-5-6-12-24/h3-4,7-10,13H,5-6,11-12,14H2,1-2H3,(H,25,27). The smallest absolute Gasteiger partial charge is 0.331 e. The van der Waals surface area contributed by atoms with Crippen LogP contribution >= 0.6 is 0 Å². The van der Waals surface area contributed by atoms with Crippen molar-refractivity contribution in [1.82, 2.24) is 10.2 Å². The lowest BCUT2D eigenvalue weighted by Crippen LogP contribution is -2.53. The fourth-order valence-electron chi connectivity index (χ4n) is 4.43. The topological polar surface area (TPSA) is 102 Å². The summed E-state index contributed by atoms with van der Waals surface area (Å²) in [6.45, 7) is 0.0127. The third-order valence-electron chi connectivity index (χ3n) is 6.11. The van der Waals surface area contributed by atoms with Gasteiger partial charge >= 0.3 is 5.97 Å². The third-order valence-corrected chi connectivity index (χ3v) is 6.11. The van der Waals surface area contributed by atoms with E-state index in [9.17, 15) is 19.2 Å². The molecule has 166 valence electrons. The van der Waals surface area contributed by atoms with Gasteiger partial charge in [0.05, 0.1) is 37.5 Å². The number of esters is 1. The summed E-state index contributed by atoms with van der Waals surface area (Å²) in [6, 6.07) is 11.6. The lowest BCUT2D eigenvalue weighted by Gasteiger charge is -2.27. The summed E-state index contributed by atoms with van der Waals surface area (Å²) in [5, 5.41) is 2.85. The summed E-state index contributed by atoms with van der Waals surface area (Å²) < 4.78 is 10.3. The maximum absolute atomic E-state index is 13.2. The zero-order valence-electron chi connectivity index (χ0n) is 18.0. The molecular weight excluding hydrogens is 412 g/mol. The first-order chi connectivity index (χ1) is 15.4. The second-order valence-corrected chi connectivity index (χ2v) is 8.01. The summed E-state index contributed by atoms with van der Waals surface area (Å²) in [7, 11) is 2.75. The van der Waals surface area contributed by atoms with E-state index in [1.165, 1.54) is 14.2 Å². The fourth-order valence-corrected chi connectivity index (χ4v) is 4.43. The maximum atomic E-state index is 13.2. The summed E-state index contributed by atoms with van der Waals surface area (Å²) >= 11 is 0. The van der Waals surface area contributed by atoms with E-state index in [4.69, 9.17) is 9.47 Å². The van der Waals surface area contributed by atoms with E-state index in [1.807, 2.05) is 0 Å². The Balaban J connectivity index is 1.60. The Morgan fingerprint density at radius 2 is 1.62 bits per heavy atom. The minimum Gasteiger partial charge on any atom is -0.496 e. The predicted octanol–water partition coefficient (Wildman–Crippen LogP) is 2.71. The summed E-state index contributed by atoms with van der Waals surface area (Å²) in [6.07, 6.45) is 2.63. The maximum Gasteiger partial charge on any atom is 0.331 e. The normalized spacial score (nSPS) is 16.6. The Morgan fingerprint density at radius 3 is 2.19 bits per heavy atom. The molecule has 0 atom stereocenters. The second-order valence-electron chi connectivity index (χ2n) is 8.01. The number of carbonyl (C=O) groups excluding carboxylic acids is 4. The monoisotopic (exact) mass is 436 g/mol. The van der Waals surface area contributed by atoms with Crippen molar-refractivity contribution >= 4 is 23.7 Å². The van der Waals surface area contributed by atoms with Crippen molar-refractivity contribution in [1.29, 1.82) is 0 Å². The molecule has 2 aromatic rings. The van der Waals surface area contributed by atoms with Crippen LogP contribution in [0, 0.1) is 0 Å². The zero-order valence-corrected chi connectivity index (χ0v) is 18.0. The molecule has 1 N–H and O–H groups in total. The van der Waals surface area contributed by atoms with E-state index < -0.39 is 17.4 Å². The fraction of sp³-hybridized carbons (Fsp3) is 0.333. The average Bonchev–Trinajstić information content (AvgIpc) is 3.38. The molecule has 2 aliphatic rings. The van der Waals surface area contributed by atoms with E-state index in [0.29, 0.717) is 35.3 Å². The van der Waals surface area contributed by atoms with Crippen LogP contribution in [0.4, 0.5) is 0 Å². The highest BCUT2D eigenvalue weighted by atomic mass is 16.5. The van der Waals surface area contributed by atoms with Crippen molar-refractivity contribution in [3.8, 4) is 5.75 Å². The molecule has 0 unspecified atom stereocenters.